The summed E-state index contributed by atoms with van der Waals surface area (Å²) in [5.41, 5.74) is 0.873. The van der Waals surface area contributed by atoms with E-state index in [1.165, 1.54) is 0 Å². The highest BCUT2D eigenvalue weighted by Gasteiger charge is 2.31. The molecule has 5 heteroatoms. The summed E-state index contributed by atoms with van der Waals surface area (Å²) < 4.78 is 5.84. The van der Waals surface area contributed by atoms with E-state index in [0.29, 0.717) is 18.3 Å². The molecule has 1 atom stereocenters. The molecule has 1 aliphatic rings. The third-order valence-electron chi connectivity index (χ3n) is 4.14. The van der Waals surface area contributed by atoms with Crippen molar-refractivity contribution in [1.29, 1.82) is 0 Å². The standard InChI is InChI=1S/C17H27N3O2/c1-4-6-14(7-5-2)17(21)20-11-10-15(12-20)22-16-9-8-13(3)18-19-16/h8-9,14-15H,4-7,10-12H2,1-3H3. The van der Waals surface area contributed by atoms with E-state index in [9.17, 15) is 4.79 Å². The molecule has 2 rings (SSSR count). The van der Waals surface area contributed by atoms with Gasteiger partial charge < -0.3 is 9.64 Å². The van der Waals surface area contributed by atoms with E-state index in [1.54, 1.807) is 0 Å². The molecule has 0 radical (unpaired) electrons. The minimum atomic E-state index is 0.0323. The van der Waals surface area contributed by atoms with Crippen LogP contribution in [0.1, 0.15) is 51.6 Å². The molecular formula is C17H27N3O2. The van der Waals surface area contributed by atoms with Crippen LogP contribution in [0.15, 0.2) is 12.1 Å². The number of aromatic nitrogens is 2. The molecule has 0 N–H and O–H groups in total. The summed E-state index contributed by atoms with van der Waals surface area (Å²) in [7, 11) is 0. The van der Waals surface area contributed by atoms with Crippen molar-refractivity contribution < 1.29 is 9.53 Å². The van der Waals surface area contributed by atoms with Crippen molar-refractivity contribution in [3.05, 3.63) is 17.8 Å². The number of likely N-dealkylation sites (tertiary alicyclic amines) is 1. The molecule has 1 amide bonds. The Hall–Kier alpha value is -1.65. The molecule has 0 saturated carbocycles. The summed E-state index contributed by atoms with van der Waals surface area (Å²) in [6, 6.07) is 3.72. The molecule has 122 valence electrons. The second kappa shape index (κ2) is 8.11. The van der Waals surface area contributed by atoms with Crippen LogP contribution in [0.2, 0.25) is 0 Å². The van der Waals surface area contributed by atoms with Gasteiger partial charge in [0.1, 0.15) is 6.10 Å². The smallest absolute Gasteiger partial charge is 0.233 e. The van der Waals surface area contributed by atoms with Crippen molar-refractivity contribution in [2.24, 2.45) is 5.92 Å². The molecule has 22 heavy (non-hydrogen) atoms. The monoisotopic (exact) mass is 305 g/mol. The minimum absolute atomic E-state index is 0.0323. The normalized spacial score (nSPS) is 18.0. The fourth-order valence-electron chi connectivity index (χ4n) is 2.99. The molecule has 0 bridgehead atoms. The van der Waals surface area contributed by atoms with Gasteiger partial charge in [0.15, 0.2) is 0 Å². The van der Waals surface area contributed by atoms with Crippen molar-refractivity contribution >= 4 is 5.91 Å². The van der Waals surface area contributed by atoms with Gasteiger partial charge in [0.25, 0.3) is 0 Å². The Bertz CT molecular complexity index is 469. The fraction of sp³-hybridized carbons (Fsp3) is 0.706. The highest BCUT2D eigenvalue weighted by atomic mass is 16.5. The average molecular weight is 305 g/mol. The molecule has 0 spiro atoms. The third kappa shape index (κ3) is 4.42. The maximum atomic E-state index is 12.6. The van der Waals surface area contributed by atoms with Crippen molar-refractivity contribution in [2.75, 3.05) is 13.1 Å². The number of nitrogens with zero attached hydrogens (tertiary/aromatic N) is 3. The van der Waals surface area contributed by atoms with Gasteiger partial charge in [-0.1, -0.05) is 26.7 Å². The first-order valence-electron chi connectivity index (χ1n) is 8.39. The van der Waals surface area contributed by atoms with Crippen LogP contribution < -0.4 is 4.74 Å². The van der Waals surface area contributed by atoms with E-state index in [-0.39, 0.29) is 12.0 Å². The Labute approximate surface area is 133 Å². The Balaban J connectivity index is 1.88. The molecule has 1 aromatic rings. The molecular weight excluding hydrogens is 278 g/mol. The first-order chi connectivity index (χ1) is 10.6. The Morgan fingerprint density at radius 1 is 1.32 bits per heavy atom. The van der Waals surface area contributed by atoms with Crippen LogP contribution in [-0.2, 0) is 4.79 Å². The van der Waals surface area contributed by atoms with E-state index in [4.69, 9.17) is 4.74 Å². The molecule has 1 saturated heterocycles. The van der Waals surface area contributed by atoms with Crippen LogP contribution in [0.4, 0.5) is 0 Å². The van der Waals surface area contributed by atoms with Crippen LogP contribution in [0.3, 0.4) is 0 Å². The SMILES string of the molecule is CCCC(CCC)C(=O)N1CCC(Oc2ccc(C)nn2)C1. The number of aryl methyl sites for hydroxylation is 1. The highest BCUT2D eigenvalue weighted by Crippen LogP contribution is 2.22. The quantitative estimate of drug-likeness (QED) is 0.777. The fourth-order valence-corrected chi connectivity index (χ4v) is 2.99. The molecule has 1 fully saturated rings. The maximum Gasteiger partial charge on any atom is 0.233 e. The van der Waals surface area contributed by atoms with Gasteiger partial charge in [-0.25, -0.2) is 0 Å². The zero-order valence-electron chi connectivity index (χ0n) is 13.9. The van der Waals surface area contributed by atoms with E-state index < -0.39 is 0 Å². The van der Waals surface area contributed by atoms with Crippen LogP contribution in [0.5, 0.6) is 5.88 Å². The number of hydrogen-bond acceptors (Lipinski definition) is 4. The van der Waals surface area contributed by atoms with Gasteiger partial charge in [-0.3, -0.25) is 4.79 Å². The van der Waals surface area contributed by atoms with Crippen LogP contribution in [0.25, 0.3) is 0 Å². The Morgan fingerprint density at radius 2 is 2.05 bits per heavy atom. The molecule has 1 aromatic heterocycles. The molecule has 0 aromatic carbocycles. The highest BCUT2D eigenvalue weighted by molar-refractivity contribution is 5.79. The summed E-state index contributed by atoms with van der Waals surface area (Å²) in [6.07, 6.45) is 4.99. The minimum Gasteiger partial charge on any atom is -0.471 e. The van der Waals surface area contributed by atoms with Gasteiger partial charge in [-0.2, -0.15) is 5.10 Å². The number of amides is 1. The van der Waals surface area contributed by atoms with E-state index >= 15 is 0 Å². The van der Waals surface area contributed by atoms with Gasteiger partial charge in [0, 0.05) is 24.9 Å². The lowest BCUT2D eigenvalue weighted by Crippen LogP contribution is -2.35. The number of ether oxygens (including phenoxy) is 1. The van der Waals surface area contributed by atoms with Crippen molar-refractivity contribution in [3.8, 4) is 5.88 Å². The molecule has 1 aliphatic heterocycles. The predicted octanol–water partition coefficient (Wildman–Crippen LogP) is 2.98. The third-order valence-corrected chi connectivity index (χ3v) is 4.14. The number of rotatable bonds is 7. The van der Waals surface area contributed by atoms with Crippen LogP contribution >= 0.6 is 0 Å². The molecule has 2 heterocycles. The van der Waals surface area contributed by atoms with Crippen molar-refractivity contribution in [1.82, 2.24) is 15.1 Å². The average Bonchev–Trinajstić information content (AvgIpc) is 2.97. The lowest BCUT2D eigenvalue weighted by atomic mass is 9.97. The number of carbonyl (C=O) groups is 1. The maximum absolute atomic E-state index is 12.6. The lowest BCUT2D eigenvalue weighted by Gasteiger charge is -2.23. The van der Waals surface area contributed by atoms with Crippen molar-refractivity contribution in [3.63, 3.8) is 0 Å². The van der Waals surface area contributed by atoms with Gasteiger partial charge >= 0.3 is 0 Å². The van der Waals surface area contributed by atoms with Crippen LogP contribution in [0, 0.1) is 12.8 Å². The van der Waals surface area contributed by atoms with Gasteiger partial charge in [0.05, 0.1) is 12.2 Å². The summed E-state index contributed by atoms with van der Waals surface area (Å²) in [5.74, 6) is 1.02. The van der Waals surface area contributed by atoms with E-state index in [1.807, 2.05) is 24.0 Å². The van der Waals surface area contributed by atoms with Gasteiger partial charge in [-0.05, 0) is 25.8 Å². The van der Waals surface area contributed by atoms with E-state index in [0.717, 1.165) is 44.3 Å². The Morgan fingerprint density at radius 3 is 2.64 bits per heavy atom. The topological polar surface area (TPSA) is 55.3 Å². The summed E-state index contributed by atoms with van der Waals surface area (Å²) in [4.78, 5) is 14.6. The first kappa shape index (κ1) is 16.7. The summed E-state index contributed by atoms with van der Waals surface area (Å²) in [6.45, 7) is 7.63. The lowest BCUT2D eigenvalue weighted by molar-refractivity contribution is -0.135. The zero-order valence-corrected chi connectivity index (χ0v) is 13.9. The second-order valence-electron chi connectivity index (χ2n) is 6.10. The summed E-state index contributed by atoms with van der Waals surface area (Å²) in [5, 5.41) is 8.03. The largest absolute Gasteiger partial charge is 0.471 e. The Kier molecular flexibility index (Phi) is 6.16. The number of hydrogen-bond donors (Lipinski definition) is 0. The number of carbonyl (C=O) groups excluding carboxylic acids is 1. The van der Waals surface area contributed by atoms with Gasteiger partial charge in [-0.15, -0.1) is 5.10 Å². The van der Waals surface area contributed by atoms with Gasteiger partial charge in [0.2, 0.25) is 11.8 Å². The molecule has 5 nitrogen and oxygen atoms in total. The van der Waals surface area contributed by atoms with E-state index in [2.05, 4.69) is 24.0 Å². The second-order valence-corrected chi connectivity index (χ2v) is 6.10. The predicted molar refractivity (Wildman–Crippen MR) is 85.7 cm³/mol. The molecule has 0 aliphatic carbocycles. The van der Waals surface area contributed by atoms with Crippen LogP contribution in [-0.4, -0.2) is 40.2 Å². The summed E-state index contributed by atoms with van der Waals surface area (Å²) >= 11 is 0. The first-order valence-corrected chi connectivity index (χ1v) is 8.39. The zero-order chi connectivity index (χ0) is 15.9. The van der Waals surface area contributed by atoms with Crippen molar-refractivity contribution in [2.45, 2.75) is 59.0 Å². The molecule has 1 unspecified atom stereocenters.